The van der Waals surface area contributed by atoms with Crippen molar-refractivity contribution in [3.8, 4) is 11.1 Å². The van der Waals surface area contributed by atoms with Crippen LogP contribution in [-0.4, -0.2) is 27.2 Å². The van der Waals surface area contributed by atoms with Gasteiger partial charge in [0, 0.05) is 25.9 Å². The molecule has 156 valence electrons. The summed E-state index contributed by atoms with van der Waals surface area (Å²) in [5.74, 6) is 0. The number of benzene rings is 2. The van der Waals surface area contributed by atoms with Crippen LogP contribution in [0.4, 0.5) is 4.79 Å². The molecule has 0 fully saturated rings. The molecule has 0 aliphatic heterocycles. The molecule has 2 aromatic carbocycles. The number of nitrogens with zero attached hydrogens (tertiary/aromatic N) is 2. The van der Waals surface area contributed by atoms with Gasteiger partial charge in [-0.15, -0.1) is 0 Å². The molecule has 0 bridgehead atoms. The maximum absolute atomic E-state index is 12.0. The predicted octanol–water partition coefficient (Wildman–Crippen LogP) is 5.12. The lowest BCUT2D eigenvalue weighted by Crippen LogP contribution is -2.34. The first-order valence-corrected chi connectivity index (χ1v) is 10.3. The molecule has 0 spiro atoms. The quantitative estimate of drug-likeness (QED) is 0.567. The second-order valence-electron chi connectivity index (χ2n) is 7.48. The Bertz CT molecular complexity index is 1030. The van der Waals surface area contributed by atoms with E-state index >= 15 is 0 Å². The topological polar surface area (TPSA) is 62.5 Å². The van der Waals surface area contributed by atoms with E-state index in [0.717, 1.165) is 29.5 Å². The molecule has 5 nitrogen and oxygen atoms in total. The number of pyridine rings is 1. The zero-order valence-corrected chi connectivity index (χ0v) is 17.5. The highest BCUT2D eigenvalue weighted by atomic mass is 16.4. The Kier molecular flexibility index (Phi) is 7.07. The fourth-order valence-electron chi connectivity index (χ4n) is 3.74. The van der Waals surface area contributed by atoms with Gasteiger partial charge in [-0.1, -0.05) is 61.5 Å². The maximum atomic E-state index is 12.0. The molecule has 0 radical (unpaired) electrons. The summed E-state index contributed by atoms with van der Waals surface area (Å²) in [5, 5.41) is 9.81. The van der Waals surface area contributed by atoms with Gasteiger partial charge in [0.1, 0.15) is 0 Å². The van der Waals surface area contributed by atoms with Gasteiger partial charge in [-0.25, -0.2) is 4.79 Å². The molecule has 1 heterocycles. The molecule has 5 heteroatoms. The van der Waals surface area contributed by atoms with E-state index in [4.69, 9.17) is 0 Å². The second-order valence-corrected chi connectivity index (χ2v) is 7.48. The average molecular weight is 405 g/mol. The lowest BCUT2D eigenvalue weighted by Gasteiger charge is -2.29. The first kappa shape index (κ1) is 21.4. The van der Waals surface area contributed by atoms with Crippen LogP contribution >= 0.6 is 0 Å². The van der Waals surface area contributed by atoms with Crippen molar-refractivity contribution in [3.63, 3.8) is 0 Å². The molecule has 1 atom stereocenters. The summed E-state index contributed by atoms with van der Waals surface area (Å²) in [5.41, 5.74) is 3.92. The predicted molar refractivity (Wildman–Crippen MR) is 120 cm³/mol. The number of carbonyl (C=O) groups is 1. The number of carboxylic acid groups (broad SMARTS) is 1. The van der Waals surface area contributed by atoms with Gasteiger partial charge in [0.15, 0.2) is 0 Å². The van der Waals surface area contributed by atoms with E-state index in [1.54, 1.807) is 19.3 Å². The van der Waals surface area contributed by atoms with Crippen LogP contribution in [0, 0.1) is 0 Å². The van der Waals surface area contributed by atoms with Gasteiger partial charge in [-0.2, -0.15) is 0 Å². The summed E-state index contributed by atoms with van der Waals surface area (Å²) in [6.07, 6.45) is 3.18. The highest BCUT2D eigenvalue weighted by molar-refractivity contribution is 5.66. The summed E-state index contributed by atoms with van der Waals surface area (Å²) in [7, 11) is 1.72. The summed E-state index contributed by atoms with van der Waals surface area (Å²) in [4.78, 5) is 25.4. The van der Waals surface area contributed by atoms with E-state index < -0.39 is 6.09 Å². The molecule has 0 unspecified atom stereocenters. The Hall–Kier alpha value is -3.34. The van der Waals surface area contributed by atoms with Crippen LogP contribution in [-0.2, 0) is 13.5 Å². The van der Waals surface area contributed by atoms with Crippen molar-refractivity contribution >= 4 is 6.09 Å². The molecular weight excluding hydrogens is 376 g/mol. The SMILES string of the molecule is CC[C@@H](c1ccc(-c2ccn(C)c(=O)c2)cc1)N(CCCc1ccccc1)C(=O)O. The summed E-state index contributed by atoms with van der Waals surface area (Å²) in [6.45, 7) is 2.49. The van der Waals surface area contributed by atoms with Gasteiger partial charge in [-0.3, -0.25) is 4.79 Å². The third-order valence-electron chi connectivity index (χ3n) is 5.45. The summed E-state index contributed by atoms with van der Waals surface area (Å²) < 4.78 is 1.53. The normalized spacial score (nSPS) is 11.8. The van der Waals surface area contributed by atoms with E-state index in [0.29, 0.717) is 13.0 Å². The Morgan fingerprint density at radius 3 is 2.33 bits per heavy atom. The fraction of sp³-hybridized carbons (Fsp3) is 0.280. The first-order valence-electron chi connectivity index (χ1n) is 10.3. The van der Waals surface area contributed by atoms with Gasteiger partial charge in [-0.05, 0) is 47.6 Å². The minimum atomic E-state index is -0.898. The second kappa shape index (κ2) is 9.92. The van der Waals surface area contributed by atoms with E-state index in [9.17, 15) is 14.7 Å². The van der Waals surface area contributed by atoms with Gasteiger partial charge < -0.3 is 14.6 Å². The summed E-state index contributed by atoms with van der Waals surface area (Å²) in [6, 6.07) is 21.3. The smallest absolute Gasteiger partial charge is 0.407 e. The maximum Gasteiger partial charge on any atom is 0.407 e. The minimum Gasteiger partial charge on any atom is -0.465 e. The van der Waals surface area contributed by atoms with Crippen molar-refractivity contribution in [1.82, 2.24) is 9.47 Å². The lowest BCUT2D eigenvalue weighted by atomic mass is 9.98. The monoisotopic (exact) mass is 404 g/mol. The number of hydrogen-bond donors (Lipinski definition) is 1. The third-order valence-corrected chi connectivity index (χ3v) is 5.45. The first-order chi connectivity index (χ1) is 14.5. The molecule has 3 aromatic rings. The van der Waals surface area contributed by atoms with Gasteiger partial charge in [0.25, 0.3) is 5.56 Å². The summed E-state index contributed by atoms with van der Waals surface area (Å²) >= 11 is 0. The Labute approximate surface area is 177 Å². The lowest BCUT2D eigenvalue weighted by molar-refractivity contribution is 0.122. The molecule has 0 aliphatic carbocycles. The highest BCUT2D eigenvalue weighted by Gasteiger charge is 2.23. The Balaban J connectivity index is 1.73. The van der Waals surface area contributed by atoms with Crippen molar-refractivity contribution < 1.29 is 9.90 Å². The molecule has 0 aliphatic rings. The van der Waals surface area contributed by atoms with Crippen molar-refractivity contribution in [2.45, 2.75) is 32.2 Å². The molecule has 1 amide bonds. The Morgan fingerprint density at radius 1 is 1.03 bits per heavy atom. The van der Waals surface area contributed by atoms with Crippen LogP contribution in [0.3, 0.4) is 0 Å². The van der Waals surface area contributed by atoms with Crippen LogP contribution < -0.4 is 5.56 Å². The van der Waals surface area contributed by atoms with E-state index in [1.807, 2.05) is 55.5 Å². The van der Waals surface area contributed by atoms with Crippen LogP contribution in [0.25, 0.3) is 11.1 Å². The number of aryl methyl sites for hydroxylation is 2. The average Bonchev–Trinajstić information content (AvgIpc) is 2.76. The van der Waals surface area contributed by atoms with E-state index in [1.165, 1.54) is 15.0 Å². The van der Waals surface area contributed by atoms with Crippen LogP contribution in [0.15, 0.2) is 77.7 Å². The molecule has 1 aromatic heterocycles. The molecule has 0 saturated heterocycles. The van der Waals surface area contributed by atoms with Crippen molar-refractivity contribution in [2.24, 2.45) is 7.05 Å². The number of amides is 1. The minimum absolute atomic E-state index is 0.0570. The number of hydrogen-bond acceptors (Lipinski definition) is 2. The molecule has 1 N–H and O–H groups in total. The molecule has 30 heavy (non-hydrogen) atoms. The van der Waals surface area contributed by atoms with Gasteiger partial charge in [0.2, 0.25) is 0 Å². The standard InChI is InChI=1S/C25H28N2O3/c1-3-23(27(25(29)30)16-7-10-19-8-5-4-6-9-19)21-13-11-20(12-14-21)22-15-17-26(2)24(28)18-22/h4-6,8-9,11-15,17-18,23H,3,7,10,16H2,1-2H3,(H,29,30)/t23-/m0/s1. The van der Waals surface area contributed by atoms with E-state index in [2.05, 4.69) is 12.1 Å². The van der Waals surface area contributed by atoms with Crippen molar-refractivity contribution in [1.29, 1.82) is 0 Å². The van der Waals surface area contributed by atoms with E-state index in [-0.39, 0.29) is 11.6 Å². The van der Waals surface area contributed by atoms with Crippen molar-refractivity contribution in [3.05, 3.63) is 94.4 Å². The van der Waals surface area contributed by atoms with Crippen LogP contribution in [0.2, 0.25) is 0 Å². The molecule has 3 rings (SSSR count). The highest BCUT2D eigenvalue weighted by Crippen LogP contribution is 2.27. The fourth-order valence-corrected chi connectivity index (χ4v) is 3.74. The molecular formula is C25H28N2O3. The zero-order valence-electron chi connectivity index (χ0n) is 17.5. The van der Waals surface area contributed by atoms with Gasteiger partial charge >= 0.3 is 6.09 Å². The van der Waals surface area contributed by atoms with Crippen molar-refractivity contribution in [2.75, 3.05) is 6.54 Å². The molecule has 0 saturated carbocycles. The number of aromatic nitrogens is 1. The van der Waals surface area contributed by atoms with Gasteiger partial charge in [0.05, 0.1) is 6.04 Å². The van der Waals surface area contributed by atoms with Crippen LogP contribution in [0.5, 0.6) is 0 Å². The zero-order chi connectivity index (χ0) is 21.5. The Morgan fingerprint density at radius 2 is 1.73 bits per heavy atom. The number of rotatable bonds is 8. The van der Waals surface area contributed by atoms with Crippen LogP contribution in [0.1, 0.15) is 36.9 Å². The largest absolute Gasteiger partial charge is 0.465 e. The third kappa shape index (κ3) is 5.17.